The number of rotatable bonds is 3. The summed E-state index contributed by atoms with van der Waals surface area (Å²) in [6.07, 6.45) is 0. The van der Waals surface area contributed by atoms with Gasteiger partial charge in [0.15, 0.2) is 0 Å². The maximum Gasteiger partial charge on any atom is 0.269 e. The lowest BCUT2D eigenvalue weighted by Gasteiger charge is -2.23. The predicted octanol–water partition coefficient (Wildman–Crippen LogP) is 2.56. The first-order valence-electron chi connectivity index (χ1n) is 7.69. The van der Waals surface area contributed by atoms with E-state index in [0.717, 1.165) is 11.3 Å². The molecule has 0 radical (unpaired) electrons. The molecular formula is C16H18N4O4S. The van der Waals surface area contributed by atoms with E-state index in [-0.39, 0.29) is 17.1 Å². The van der Waals surface area contributed by atoms with Crippen LogP contribution in [0.3, 0.4) is 0 Å². The van der Waals surface area contributed by atoms with E-state index in [2.05, 4.69) is 10.4 Å². The smallest absolute Gasteiger partial charge is 0.269 e. The van der Waals surface area contributed by atoms with Crippen molar-refractivity contribution in [3.8, 4) is 0 Å². The third kappa shape index (κ3) is 3.32. The Morgan fingerprint density at radius 3 is 2.48 bits per heavy atom. The van der Waals surface area contributed by atoms with E-state index in [1.165, 1.54) is 24.3 Å². The maximum absolute atomic E-state index is 12.6. The van der Waals surface area contributed by atoms with E-state index in [0.29, 0.717) is 22.9 Å². The van der Waals surface area contributed by atoms with Gasteiger partial charge in [-0.2, -0.15) is 5.10 Å². The monoisotopic (exact) mass is 362 g/mol. The molecule has 8 nitrogen and oxygen atoms in total. The molecule has 2 heterocycles. The van der Waals surface area contributed by atoms with E-state index in [9.17, 15) is 19.1 Å². The SMILES string of the molecule is CC(C)(C)n1nc2c(c1NC(=O)c1ccc([N+](=O)[O-])cc1)CS(=O)C2. The average molecular weight is 362 g/mol. The van der Waals surface area contributed by atoms with Crippen LogP contribution in [0.25, 0.3) is 0 Å². The highest BCUT2D eigenvalue weighted by Crippen LogP contribution is 2.33. The molecule has 0 spiro atoms. The number of carbonyl (C=O) groups is 1. The first-order valence-corrected chi connectivity index (χ1v) is 9.17. The number of nitro benzene ring substituents is 1. The molecule has 1 amide bonds. The fraction of sp³-hybridized carbons (Fsp3) is 0.375. The fourth-order valence-corrected chi connectivity index (χ4v) is 3.92. The number of amides is 1. The molecule has 132 valence electrons. The summed E-state index contributed by atoms with van der Waals surface area (Å²) in [5.74, 6) is 0.901. The van der Waals surface area contributed by atoms with Crippen molar-refractivity contribution in [3.05, 3.63) is 51.2 Å². The molecule has 1 unspecified atom stereocenters. The lowest BCUT2D eigenvalue weighted by molar-refractivity contribution is -0.384. The Balaban J connectivity index is 1.93. The maximum atomic E-state index is 12.6. The molecule has 1 N–H and O–H groups in total. The van der Waals surface area contributed by atoms with Crippen molar-refractivity contribution in [3.63, 3.8) is 0 Å². The molecule has 9 heteroatoms. The number of nitrogens with zero attached hydrogens (tertiary/aromatic N) is 3. The zero-order valence-electron chi connectivity index (χ0n) is 14.1. The van der Waals surface area contributed by atoms with Crippen LogP contribution < -0.4 is 5.32 Å². The summed E-state index contributed by atoms with van der Waals surface area (Å²) in [5, 5.41) is 18.1. The lowest BCUT2D eigenvalue weighted by atomic mass is 10.1. The molecule has 1 aromatic carbocycles. The summed E-state index contributed by atoms with van der Waals surface area (Å²) in [6.45, 7) is 5.90. The minimum atomic E-state index is -1.00. The predicted molar refractivity (Wildman–Crippen MR) is 93.8 cm³/mol. The van der Waals surface area contributed by atoms with Crippen LogP contribution >= 0.6 is 0 Å². The Bertz CT molecular complexity index is 881. The van der Waals surface area contributed by atoms with Crippen molar-refractivity contribution in [2.45, 2.75) is 37.8 Å². The van der Waals surface area contributed by atoms with Gasteiger partial charge in [-0.05, 0) is 32.9 Å². The van der Waals surface area contributed by atoms with Gasteiger partial charge in [0.2, 0.25) is 0 Å². The van der Waals surface area contributed by atoms with Crippen LogP contribution in [0, 0.1) is 10.1 Å². The quantitative estimate of drug-likeness (QED) is 0.667. The van der Waals surface area contributed by atoms with Gasteiger partial charge in [-0.25, -0.2) is 4.68 Å². The average Bonchev–Trinajstić information content (AvgIpc) is 3.04. The summed E-state index contributed by atoms with van der Waals surface area (Å²) in [4.78, 5) is 22.8. The van der Waals surface area contributed by atoms with Gasteiger partial charge < -0.3 is 5.32 Å². The second-order valence-corrected chi connectivity index (χ2v) is 8.30. The van der Waals surface area contributed by atoms with Gasteiger partial charge in [0, 0.05) is 34.1 Å². The molecule has 0 saturated heterocycles. The normalized spacial score (nSPS) is 16.5. The number of nitro groups is 1. The lowest BCUT2D eigenvalue weighted by Crippen LogP contribution is -2.27. The number of benzene rings is 1. The van der Waals surface area contributed by atoms with Gasteiger partial charge in [0.05, 0.1) is 27.7 Å². The largest absolute Gasteiger partial charge is 0.306 e. The first kappa shape index (κ1) is 17.3. The second-order valence-electron chi connectivity index (χ2n) is 6.84. The second kappa shape index (κ2) is 6.07. The third-order valence-corrected chi connectivity index (χ3v) is 5.08. The highest BCUT2D eigenvalue weighted by molar-refractivity contribution is 7.83. The summed E-state index contributed by atoms with van der Waals surface area (Å²) in [6, 6.07) is 5.39. The van der Waals surface area contributed by atoms with Crippen LogP contribution in [0.5, 0.6) is 0 Å². The molecule has 1 aliphatic heterocycles. The highest BCUT2D eigenvalue weighted by Gasteiger charge is 2.31. The molecule has 2 aromatic rings. The van der Waals surface area contributed by atoms with Crippen molar-refractivity contribution in [1.82, 2.24) is 9.78 Å². The van der Waals surface area contributed by atoms with Gasteiger partial charge in [-0.1, -0.05) is 0 Å². The zero-order valence-corrected chi connectivity index (χ0v) is 14.9. The summed E-state index contributed by atoms with van der Waals surface area (Å²) in [5.41, 5.74) is 1.41. The highest BCUT2D eigenvalue weighted by atomic mass is 32.2. The van der Waals surface area contributed by atoms with E-state index in [1.54, 1.807) is 4.68 Å². The van der Waals surface area contributed by atoms with E-state index in [4.69, 9.17) is 0 Å². The van der Waals surface area contributed by atoms with Crippen LogP contribution in [0.1, 0.15) is 42.4 Å². The van der Waals surface area contributed by atoms with Crippen molar-refractivity contribution in [2.24, 2.45) is 0 Å². The Morgan fingerprint density at radius 1 is 1.28 bits per heavy atom. The number of hydrogen-bond donors (Lipinski definition) is 1. The first-order chi connectivity index (χ1) is 11.7. The molecule has 25 heavy (non-hydrogen) atoms. The molecule has 3 rings (SSSR count). The number of anilines is 1. The Labute approximate surface area is 146 Å². The van der Waals surface area contributed by atoms with Gasteiger partial charge >= 0.3 is 0 Å². The summed E-state index contributed by atoms with van der Waals surface area (Å²) >= 11 is 0. The number of carbonyl (C=O) groups excluding carboxylic acids is 1. The van der Waals surface area contributed by atoms with Crippen molar-refractivity contribution in [1.29, 1.82) is 0 Å². The topological polar surface area (TPSA) is 107 Å². The molecule has 0 fully saturated rings. The zero-order chi connectivity index (χ0) is 18.4. The fourth-order valence-electron chi connectivity index (χ4n) is 2.66. The van der Waals surface area contributed by atoms with Crippen LogP contribution in [0.2, 0.25) is 0 Å². The molecule has 1 aromatic heterocycles. The van der Waals surface area contributed by atoms with E-state index < -0.39 is 15.7 Å². The number of aromatic nitrogens is 2. The van der Waals surface area contributed by atoms with Crippen molar-refractivity contribution in [2.75, 3.05) is 5.32 Å². The molecular weight excluding hydrogens is 344 g/mol. The van der Waals surface area contributed by atoms with E-state index in [1.807, 2.05) is 20.8 Å². The summed E-state index contributed by atoms with van der Waals surface area (Å²) in [7, 11) is -1.00. The van der Waals surface area contributed by atoms with Gasteiger partial charge in [0.1, 0.15) is 5.82 Å². The van der Waals surface area contributed by atoms with Gasteiger partial charge in [-0.15, -0.1) is 0 Å². The van der Waals surface area contributed by atoms with Crippen LogP contribution in [-0.4, -0.2) is 24.8 Å². The number of nitrogens with one attached hydrogen (secondary N) is 1. The third-order valence-electron chi connectivity index (χ3n) is 3.88. The molecule has 1 aliphatic rings. The van der Waals surface area contributed by atoms with Crippen molar-refractivity contribution >= 4 is 28.2 Å². The molecule has 0 aliphatic carbocycles. The van der Waals surface area contributed by atoms with Crippen LogP contribution in [-0.2, 0) is 27.8 Å². The summed E-state index contributed by atoms with van der Waals surface area (Å²) < 4.78 is 13.6. The number of fused-ring (bicyclic) bond motifs is 1. The minimum absolute atomic E-state index is 0.0763. The molecule has 0 bridgehead atoms. The Morgan fingerprint density at radius 2 is 1.92 bits per heavy atom. The van der Waals surface area contributed by atoms with Gasteiger partial charge in [-0.3, -0.25) is 19.1 Å². The van der Waals surface area contributed by atoms with Gasteiger partial charge in [0.25, 0.3) is 11.6 Å². The molecule has 0 saturated carbocycles. The Hall–Kier alpha value is -2.55. The minimum Gasteiger partial charge on any atom is -0.306 e. The van der Waals surface area contributed by atoms with Crippen LogP contribution in [0.15, 0.2) is 24.3 Å². The number of hydrogen-bond acceptors (Lipinski definition) is 5. The van der Waals surface area contributed by atoms with Crippen molar-refractivity contribution < 1.29 is 13.9 Å². The van der Waals surface area contributed by atoms with Crippen LogP contribution in [0.4, 0.5) is 11.5 Å². The number of non-ortho nitro benzene ring substituents is 1. The Kier molecular flexibility index (Phi) is 4.19. The molecule has 1 atom stereocenters. The van der Waals surface area contributed by atoms with E-state index >= 15 is 0 Å². The standard InChI is InChI=1S/C16H18N4O4S/c1-16(2,3)19-14(12-8-25(24)9-13(12)18-19)17-15(21)10-4-6-11(7-5-10)20(22)23/h4-7H,8-9H2,1-3H3,(H,17,21).